The van der Waals surface area contributed by atoms with Gasteiger partial charge in [0.2, 0.25) is 0 Å². The van der Waals surface area contributed by atoms with Crippen molar-refractivity contribution < 1.29 is 9.53 Å². The molecular formula is C19H30N2O2. The summed E-state index contributed by atoms with van der Waals surface area (Å²) in [5.74, 6) is 0.472. The molecule has 0 aliphatic heterocycles. The van der Waals surface area contributed by atoms with Crippen molar-refractivity contribution in [3.8, 4) is 0 Å². The standard InChI is InChI=1S/C19H30N2O2/c1-19(2,3)23-18(22)21-14-16-11-7-8-12-17(16)20-13-15-9-5-4-6-10-15/h4-6,9-10,16-17,20H,7-8,11-14H2,1-3H3,(H,21,22)/t16-,17-/m0/s1. The quantitative estimate of drug-likeness (QED) is 0.867. The average Bonchev–Trinajstić information content (AvgIpc) is 2.51. The lowest BCUT2D eigenvalue weighted by molar-refractivity contribution is 0.0510. The van der Waals surface area contributed by atoms with E-state index in [0.29, 0.717) is 18.5 Å². The molecule has 4 nitrogen and oxygen atoms in total. The molecule has 1 fully saturated rings. The van der Waals surface area contributed by atoms with Gasteiger partial charge in [-0.1, -0.05) is 43.2 Å². The van der Waals surface area contributed by atoms with Gasteiger partial charge in [-0.3, -0.25) is 0 Å². The fourth-order valence-electron chi connectivity index (χ4n) is 3.09. The molecule has 1 aromatic rings. The van der Waals surface area contributed by atoms with Crippen LogP contribution in [0, 0.1) is 5.92 Å². The molecule has 4 heteroatoms. The summed E-state index contributed by atoms with van der Waals surface area (Å²) >= 11 is 0. The fourth-order valence-corrected chi connectivity index (χ4v) is 3.09. The molecule has 2 N–H and O–H groups in total. The van der Waals surface area contributed by atoms with Gasteiger partial charge in [-0.2, -0.15) is 0 Å². The lowest BCUT2D eigenvalue weighted by atomic mass is 9.84. The maximum atomic E-state index is 11.8. The molecule has 0 aromatic heterocycles. The zero-order valence-electron chi connectivity index (χ0n) is 14.6. The second-order valence-electron chi connectivity index (χ2n) is 7.40. The first kappa shape index (κ1) is 17.8. The van der Waals surface area contributed by atoms with Crippen LogP contribution in [0.2, 0.25) is 0 Å². The van der Waals surface area contributed by atoms with Crippen LogP contribution in [-0.4, -0.2) is 24.3 Å². The SMILES string of the molecule is CC(C)(C)OC(=O)NC[C@@H]1CCCC[C@@H]1NCc1ccccc1. The highest BCUT2D eigenvalue weighted by atomic mass is 16.6. The van der Waals surface area contributed by atoms with Gasteiger partial charge < -0.3 is 15.4 Å². The largest absolute Gasteiger partial charge is 0.444 e. The van der Waals surface area contributed by atoms with Crippen LogP contribution in [0.1, 0.15) is 52.0 Å². The Hall–Kier alpha value is -1.55. The van der Waals surface area contributed by atoms with E-state index in [2.05, 4.69) is 34.9 Å². The number of hydrogen-bond donors (Lipinski definition) is 2. The third-order valence-electron chi connectivity index (χ3n) is 4.23. The fraction of sp³-hybridized carbons (Fsp3) is 0.632. The zero-order valence-corrected chi connectivity index (χ0v) is 14.6. The molecule has 128 valence electrons. The number of carbonyl (C=O) groups excluding carboxylic acids is 1. The van der Waals surface area contributed by atoms with Gasteiger partial charge in [0.25, 0.3) is 0 Å². The van der Waals surface area contributed by atoms with E-state index in [1.54, 1.807) is 0 Å². The molecular weight excluding hydrogens is 288 g/mol. The van der Waals surface area contributed by atoms with Crippen LogP contribution in [0.25, 0.3) is 0 Å². The lowest BCUT2D eigenvalue weighted by Gasteiger charge is -2.33. The smallest absolute Gasteiger partial charge is 0.407 e. The normalized spacial score (nSPS) is 21.7. The number of alkyl carbamates (subject to hydrolysis) is 1. The van der Waals surface area contributed by atoms with Gasteiger partial charge in [0.05, 0.1) is 0 Å². The van der Waals surface area contributed by atoms with Gasteiger partial charge in [-0.25, -0.2) is 4.79 Å². The molecule has 0 heterocycles. The Labute approximate surface area is 140 Å². The highest BCUT2D eigenvalue weighted by Gasteiger charge is 2.26. The number of rotatable bonds is 5. The van der Waals surface area contributed by atoms with Crippen molar-refractivity contribution in [3.05, 3.63) is 35.9 Å². The summed E-state index contributed by atoms with van der Waals surface area (Å²) in [5.41, 5.74) is 0.860. The van der Waals surface area contributed by atoms with Gasteiger partial charge >= 0.3 is 6.09 Å². The summed E-state index contributed by atoms with van der Waals surface area (Å²) in [4.78, 5) is 11.8. The number of ether oxygens (including phenoxy) is 1. The van der Waals surface area contributed by atoms with Gasteiger partial charge in [-0.05, 0) is 45.1 Å². The van der Waals surface area contributed by atoms with Crippen molar-refractivity contribution >= 4 is 6.09 Å². The Bertz CT molecular complexity index is 482. The number of nitrogens with one attached hydrogen (secondary N) is 2. The second-order valence-corrected chi connectivity index (χ2v) is 7.40. The summed E-state index contributed by atoms with van der Waals surface area (Å²) in [6.45, 7) is 7.22. The Morgan fingerprint density at radius 1 is 1.17 bits per heavy atom. The van der Waals surface area contributed by atoms with Crippen molar-refractivity contribution in [2.24, 2.45) is 5.92 Å². The third-order valence-corrected chi connectivity index (χ3v) is 4.23. The maximum absolute atomic E-state index is 11.8. The van der Waals surface area contributed by atoms with Crippen LogP contribution in [0.4, 0.5) is 4.79 Å². The molecule has 2 rings (SSSR count). The monoisotopic (exact) mass is 318 g/mol. The molecule has 0 radical (unpaired) electrons. The van der Waals surface area contributed by atoms with Crippen molar-refractivity contribution in [1.29, 1.82) is 0 Å². The van der Waals surface area contributed by atoms with Gasteiger partial charge in [0.1, 0.15) is 5.60 Å². The van der Waals surface area contributed by atoms with Gasteiger partial charge in [-0.15, -0.1) is 0 Å². The Kier molecular flexibility index (Phi) is 6.46. The number of benzene rings is 1. The van der Waals surface area contributed by atoms with Crippen LogP contribution >= 0.6 is 0 Å². The number of hydrogen-bond acceptors (Lipinski definition) is 3. The van der Waals surface area contributed by atoms with Crippen molar-refractivity contribution in [1.82, 2.24) is 10.6 Å². The van der Waals surface area contributed by atoms with E-state index in [1.807, 2.05) is 26.8 Å². The van der Waals surface area contributed by atoms with E-state index in [0.717, 1.165) is 13.0 Å². The first-order chi connectivity index (χ1) is 10.9. The predicted molar refractivity (Wildman–Crippen MR) is 93.3 cm³/mol. The van der Waals surface area contributed by atoms with Gasteiger partial charge in [0, 0.05) is 19.1 Å². The minimum absolute atomic E-state index is 0.315. The van der Waals surface area contributed by atoms with Crippen molar-refractivity contribution in [2.75, 3.05) is 6.54 Å². The molecule has 23 heavy (non-hydrogen) atoms. The maximum Gasteiger partial charge on any atom is 0.407 e. The van der Waals surface area contributed by atoms with Gasteiger partial charge in [0.15, 0.2) is 0 Å². The highest BCUT2D eigenvalue weighted by molar-refractivity contribution is 5.67. The summed E-state index contributed by atoms with van der Waals surface area (Å²) in [5, 5.41) is 6.60. The third kappa shape index (κ3) is 6.61. The summed E-state index contributed by atoms with van der Waals surface area (Å²) in [7, 11) is 0. The highest BCUT2D eigenvalue weighted by Crippen LogP contribution is 2.24. The van der Waals surface area contributed by atoms with Crippen LogP contribution in [0.5, 0.6) is 0 Å². The minimum Gasteiger partial charge on any atom is -0.444 e. The first-order valence-corrected chi connectivity index (χ1v) is 8.68. The van der Waals surface area contributed by atoms with Crippen LogP contribution in [-0.2, 0) is 11.3 Å². The molecule has 2 atom stereocenters. The van der Waals surface area contributed by atoms with Crippen LogP contribution in [0.3, 0.4) is 0 Å². The number of carbonyl (C=O) groups is 1. The minimum atomic E-state index is -0.443. The van der Waals surface area contributed by atoms with E-state index >= 15 is 0 Å². The van der Waals surface area contributed by atoms with Crippen LogP contribution in [0.15, 0.2) is 30.3 Å². The Morgan fingerprint density at radius 3 is 2.57 bits per heavy atom. The zero-order chi connectivity index (χ0) is 16.7. The van der Waals surface area contributed by atoms with Crippen LogP contribution < -0.4 is 10.6 Å². The first-order valence-electron chi connectivity index (χ1n) is 8.68. The topological polar surface area (TPSA) is 50.4 Å². The average molecular weight is 318 g/mol. The van der Waals surface area contributed by atoms with Crippen molar-refractivity contribution in [3.63, 3.8) is 0 Å². The van der Waals surface area contributed by atoms with E-state index in [-0.39, 0.29) is 6.09 Å². The molecule has 1 amide bonds. The second kappa shape index (κ2) is 8.34. The molecule has 1 aromatic carbocycles. The molecule has 0 bridgehead atoms. The van der Waals surface area contributed by atoms with E-state index < -0.39 is 5.60 Å². The summed E-state index contributed by atoms with van der Waals surface area (Å²) < 4.78 is 5.32. The summed E-state index contributed by atoms with van der Waals surface area (Å²) in [6.07, 6.45) is 4.51. The Balaban J connectivity index is 1.80. The molecule has 0 unspecified atom stereocenters. The lowest BCUT2D eigenvalue weighted by Crippen LogP contribution is -2.44. The molecule has 0 spiro atoms. The predicted octanol–water partition coefficient (Wildman–Crippen LogP) is 3.86. The number of amides is 1. The molecule has 1 saturated carbocycles. The van der Waals surface area contributed by atoms with E-state index in [9.17, 15) is 4.79 Å². The Morgan fingerprint density at radius 2 is 1.87 bits per heavy atom. The molecule has 1 aliphatic rings. The van der Waals surface area contributed by atoms with E-state index in [4.69, 9.17) is 4.74 Å². The molecule has 0 saturated heterocycles. The van der Waals surface area contributed by atoms with Crippen molar-refractivity contribution in [2.45, 2.75) is 64.6 Å². The van der Waals surface area contributed by atoms with E-state index in [1.165, 1.54) is 24.8 Å². The molecule has 1 aliphatic carbocycles. The summed E-state index contributed by atoms with van der Waals surface area (Å²) in [6, 6.07) is 10.9.